The van der Waals surface area contributed by atoms with Crippen molar-refractivity contribution in [2.24, 2.45) is 5.92 Å². The molecule has 19 heavy (non-hydrogen) atoms. The van der Waals surface area contributed by atoms with Crippen LogP contribution in [0.1, 0.15) is 24.5 Å². The average molecular weight is 304 g/mol. The topological polar surface area (TPSA) is 43.7 Å². The van der Waals surface area contributed by atoms with Crippen molar-refractivity contribution in [2.45, 2.75) is 18.9 Å². The summed E-state index contributed by atoms with van der Waals surface area (Å²) >= 11 is 11.9. The molecule has 1 aliphatic rings. The Balaban J connectivity index is 1.98. The van der Waals surface area contributed by atoms with Crippen LogP contribution >= 0.6 is 23.2 Å². The second kappa shape index (κ2) is 6.91. The molecule has 106 valence electrons. The van der Waals surface area contributed by atoms with Gasteiger partial charge in [0.15, 0.2) is 0 Å². The van der Waals surface area contributed by atoms with E-state index < -0.39 is 6.10 Å². The summed E-state index contributed by atoms with van der Waals surface area (Å²) in [4.78, 5) is 2.18. The molecule has 2 unspecified atom stereocenters. The maximum atomic E-state index is 10.3. The van der Waals surface area contributed by atoms with Crippen LogP contribution in [-0.4, -0.2) is 41.4 Å². The lowest BCUT2D eigenvalue weighted by atomic mass is 9.98. The van der Waals surface area contributed by atoms with Crippen LogP contribution in [0.3, 0.4) is 0 Å². The van der Waals surface area contributed by atoms with Gasteiger partial charge in [-0.15, -0.1) is 0 Å². The second-order valence-corrected chi connectivity index (χ2v) is 5.98. The van der Waals surface area contributed by atoms with Crippen LogP contribution in [0.2, 0.25) is 10.0 Å². The predicted molar refractivity (Wildman–Crippen MR) is 77.7 cm³/mol. The Morgan fingerprint density at radius 1 is 1.37 bits per heavy atom. The summed E-state index contributed by atoms with van der Waals surface area (Å²) in [6, 6.07) is 5.15. The fraction of sp³-hybridized carbons (Fsp3) is 0.571. The Kier molecular flexibility index (Phi) is 5.48. The van der Waals surface area contributed by atoms with Crippen LogP contribution in [0.4, 0.5) is 0 Å². The molecule has 1 fully saturated rings. The highest BCUT2D eigenvalue weighted by Crippen LogP contribution is 2.27. The molecule has 0 spiro atoms. The molecule has 2 atom stereocenters. The number of rotatable bonds is 4. The molecule has 0 amide bonds. The van der Waals surface area contributed by atoms with E-state index >= 15 is 0 Å². The highest BCUT2D eigenvalue weighted by molar-refractivity contribution is 6.35. The number of aliphatic hydroxyl groups excluding tert-OH is 2. The quantitative estimate of drug-likeness (QED) is 0.899. The van der Waals surface area contributed by atoms with Crippen molar-refractivity contribution in [1.29, 1.82) is 0 Å². The Morgan fingerprint density at radius 3 is 2.84 bits per heavy atom. The van der Waals surface area contributed by atoms with Crippen molar-refractivity contribution < 1.29 is 10.2 Å². The lowest BCUT2D eigenvalue weighted by Gasteiger charge is -2.33. The molecule has 0 bridgehead atoms. The van der Waals surface area contributed by atoms with Crippen LogP contribution in [0, 0.1) is 5.92 Å². The normalized spacial score (nSPS) is 22.4. The van der Waals surface area contributed by atoms with E-state index in [-0.39, 0.29) is 6.61 Å². The highest BCUT2D eigenvalue weighted by Gasteiger charge is 2.22. The number of piperidine rings is 1. The molecule has 2 N–H and O–H groups in total. The zero-order valence-corrected chi connectivity index (χ0v) is 12.2. The summed E-state index contributed by atoms with van der Waals surface area (Å²) < 4.78 is 0. The summed E-state index contributed by atoms with van der Waals surface area (Å²) in [5.41, 5.74) is 0.706. The monoisotopic (exact) mass is 303 g/mol. The van der Waals surface area contributed by atoms with E-state index in [2.05, 4.69) is 4.90 Å². The molecule has 0 aromatic heterocycles. The minimum Gasteiger partial charge on any atom is -0.396 e. The number of likely N-dealkylation sites (tertiary alicyclic amines) is 1. The van der Waals surface area contributed by atoms with Gasteiger partial charge < -0.3 is 15.1 Å². The van der Waals surface area contributed by atoms with Crippen LogP contribution < -0.4 is 0 Å². The van der Waals surface area contributed by atoms with Gasteiger partial charge in [0.1, 0.15) is 0 Å². The third-order valence-electron chi connectivity index (χ3n) is 3.61. The first-order chi connectivity index (χ1) is 9.10. The van der Waals surface area contributed by atoms with Gasteiger partial charge in [0, 0.05) is 35.3 Å². The largest absolute Gasteiger partial charge is 0.396 e. The zero-order valence-electron chi connectivity index (χ0n) is 10.7. The maximum absolute atomic E-state index is 10.3. The summed E-state index contributed by atoms with van der Waals surface area (Å²) in [5, 5.41) is 20.5. The molecule has 1 aromatic carbocycles. The SMILES string of the molecule is OCC1CCCN(CC(O)c2ccc(Cl)cc2Cl)C1. The Labute approximate surface area is 123 Å². The van der Waals surface area contributed by atoms with E-state index in [0.717, 1.165) is 25.9 Å². The van der Waals surface area contributed by atoms with E-state index in [1.54, 1.807) is 18.2 Å². The van der Waals surface area contributed by atoms with Crippen molar-refractivity contribution in [1.82, 2.24) is 4.90 Å². The van der Waals surface area contributed by atoms with Gasteiger partial charge in [-0.05, 0) is 37.4 Å². The number of halogens is 2. The van der Waals surface area contributed by atoms with Gasteiger partial charge in [-0.2, -0.15) is 0 Å². The summed E-state index contributed by atoms with van der Waals surface area (Å²) in [6.45, 7) is 2.55. The van der Waals surface area contributed by atoms with Crippen LogP contribution in [0.5, 0.6) is 0 Å². The first kappa shape index (κ1) is 15.1. The second-order valence-electron chi connectivity index (χ2n) is 5.13. The first-order valence-corrected chi connectivity index (χ1v) is 7.32. The minimum absolute atomic E-state index is 0.217. The lowest BCUT2D eigenvalue weighted by Crippen LogP contribution is -2.39. The molecule has 0 radical (unpaired) electrons. The fourth-order valence-electron chi connectivity index (χ4n) is 2.58. The van der Waals surface area contributed by atoms with Crippen LogP contribution in [0.25, 0.3) is 0 Å². The Hall–Kier alpha value is -0.320. The van der Waals surface area contributed by atoms with Crippen molar-refractivity contribution in [3.8, 4) is 0 Å². The number of nitrogens with zero attached hydrogens (tertiary/aromatic N) is 1. The molecule has 3 nitrogen and oxygen atoms in total. The number of β-amino-alcohol motifs (C(OH)–C–C–N with tert-alkyl or cyclic N) is 1. The fourth-order valence-corrected chi connectivity index (χ4v) is 3.12. The van der Waals surface area contributed by atoms with E-state index in [0.29, 0.717) is 28.1 Å². The average Bonchev–Trinajstić information content (AvgIpc) is 2.38. The van der Waals surface area contributed by atoms with Gasteiger partial charge in [0.05, 0.1) is 6.10 Å². The minimum atomic E-state index is -0.623. The molecule has 0 saturated carbocycles. The zero-order chi connectivity index (χ0) is 13.8. The summed E-state index contributed by atoms with van der Waals surface area (Å²) in [7, 11) is 0. The number of hydrogen-bond acceptors (Lipinski definition) is 3. The Morgan fingerprint density at radius 2 is 2.16 bits per heavy atom. The van der Waals surface area contributed by atoms with Gasteiger partial charge in [0.25, 0.3) is 0 Å². The van der Waals surface area contributed by atoms with Gasteiger partial charge >= 0.3 is 0 Å². The van der Waals surface area contributed by atoms with Crippen LogP contribution in [0.15, 0.2) is 18.2 Å². The Bertz CT molecular complexity index is 428. The summed E-state index contributed by atoms with van der Waals surface area (Å²) in [6.07, 6.45) is 1.50. The molecule has 2 rings (SSSR count). The molecular formula is C14H19Cl2NO2. The van der Waals surface area contributed by atoms with Crippen molar-refractivity contribution in [2.75, 3.05) is 26.2 Å². The molecule has 1 heterocycles. The molecule has 5 heteroatoms. The van der Waals surface area contributed by atoms with Crippen molar-refractivity contribution in [3.05, 3.63) is 33.8 Å². The van der Waals surface area contributed by atoms with Crippen molar-refractivity contribution in [3.63, 3.8) is 0 Å². The number of aliphatic hydroxyl groups is 2. The molecular weight excluding hydrogens is 285 g/mol. The standard InChI is InChI=1S/C14H19Cl2NO2/c15-11-3-4-12(13(16)6-11)14(19)8-17-5-1-2-10(7-17)9-18/h3-4,6,10,14,18-19H,1-2,5,7-9H2. The van der Waals surface area contributed by atoms with Gasteiger partial charge in [-0.25, -0.2) is 0 Å². The number of hydrogen-bond donors (Lipinski definition) is 2. The van der Waals surface area contributed by atoms with Crippen molar-refractivity contribution >= 4 is 23.2 Å². The maximum Gasteiger partial charge on any atom is 0.0931 e. The van der Waals surface area contributed by atoms with E-state index in [1.807, 2.05) is 0 Å². The van der Waals surface area contributed by atoms with E-state index in [1.165, 1.54) is 0 Å². The van der Waals surface area contributed by atoms with E-state index in [9.17, 15) is 10.2 Å². The smallest absolute Gasteiger partial charge is 0.0931 e. The number of benzene rings is 1. The predicted octanol–water partition coefficient (Wildman–Crippen LogP) is 2.73. The van der Waals surface area contributed by atoms with Gasteiger partial charge in [0.2, 0.25) is 0 Å². The lowest BCUT2D eigenvalue weighted by molar-refractivity contribution is 0.0678. The van der Waals surface area contributed by atoms with Gasteiger partial charge in [-0.1, -0.05) is 29.3 Å². The third-order valence-corrected chi connectivity index (χ3v) is 4.18. The third kappa shape index (κ3) is 4.07. The van der Waals surface area contributed by atoms with Crippen LogP contribution in [-0.2, 0) is 0 Å². The highest BCUT2D eigenvalue weighted by atomic mass is 35.5. The molecule has 1 aliphatic heterocycles. The molecule has 1 saturated heterocycles. The summed E-state index contributed by atoms with van der Waals surface area (Å²) in [5.74, 6) is 0.321. The van der Waals surface area contributed by atoms with E-state index in [4.69, 9.17) is 23.2 Å². The molecule has 1 aromatic rings. The first-order valence-electron chi connectivity index (χ1n) is 6.56. The van der Waals surface area contributed by atoms with Gasteiger partial charge in [-0.3, -0.25) is 0 Å². The molecule has 0 aliphatic carbocycles.